The SMILES string of the molecule is CCCNCc1ccc(Br)c(S(=O)(=O)NCC(C)(C)C)c1. The molecule has 0 spiro atoms. The highest BCUT2D eigenvalue weighted by Crippen LogP contribution is 2.24. The van der Waals surface area contributed by atoms with Crippen molar-refractivity contribution in [3.63, 3.8) is 0 Å². The zero-order valence-corrected chi connectivity index (χ0v) is 15.6. The number of sulfonamides is 1. The summed E-state index contributed by atoms with van der Waals surface area (Å²) >= 11 is 3.33. The number of halogens is 1. The van der Waals surface area contributed by atoms with E-state index in [9.17, 15) is 8.42 Å². The van der Waals surface area contributed by atoms with Gasteiger partial charge >= 0.3 is 0 Å². The summed E-state index contributed by atoms with van der Waals surface area (Å²) in [6.07, 6.45) is 1.05. The fourth-order valence-electron chi connectivity index (χ4n) is 1.66. The molecule has 120 valence electrons. The van der Waals surface area contributed by atoms with E-state index in [0.29, 0.717) is 22.5 Å². The molecule has 4 nitrogen and oxygen atoms in total. The number of rotatable bonds is 7. The summed E-state index contributed by atoms with van der Waals surface area (Å²) in [7, 11) is -3.50. The first kappa shape index (κ1) is 18.6. The largest absolute Gasteiger partial charge is 0.313 e. The van der Waals surface area contributed by atoms with E-state index in [-0.39, 0.29) is 5.41 Å². The first-order valence-corrected chi connectivity index (χ1v) is 9.42. The van der Waals surface area contributed by atoms with E-state index in [1.807, 2.05) is 26.8 Å². The van der Waals surface area contributed by atoms with E-state index in [2.05, 4.69) is 32.9 Å². The molecule has 1 aromatic carbocycles. The maximum absolute atomic E-state index is 12.4. The Bertz CT molecular complexity index is 566. The number of hydrogen-bond acceptors (Lipinski definition) is 3. The van der Waals surface area contributed by atoms with Gasteiger partial charge in [0.15, 0.2) is 0 Å². The van der Waals surface area contributed by atoms with Crippen molar-refractivity contribution < 1.29 is 8.42 Å². The molecule has 0 fully saturated rings. The summed E-state index contributed by atoms with van der Waals surface area (Å²) in [5.74, 6) is 0. The molecule has 0 amide bonds. The van der Waals surface area contributed by atoms with Gasteiger partial charge in [-0.1, -0.05) is 33.8 Å². The van der Waals surface area contributed by atoms with Crippen molar-refractivity contribution in [3.05, 3.63) is 28.2 Å². The lowest BCUT2D eigenvalue weighted by Gasteiger charge is -2.19. The van der Waals surface area contributed by atoms with Crippen molar-refractivity contribution in [2.45, 2.75) is 45.6 Å². The summed E-state index contributed by atoms with van der Waals surface area (Å²) in [6.45, 7) is 10.1. The van der Waals surface area contributed by atoms with Gasteiger partial charge in [-0.25, -0.2) is 13.1 Å². The molecule has 0 atom stereocenters. The van der Waals surface area contributed by atoms with Gasteiger partial charge in [-0.2, -0.15) is 0 Å². The van der Waals surface area contributed by atoms with Crippen molar-refractivity contribution in [3.8, 4) is 0 Å². The maximum atomic E-state index is 12.4. The van der Waals surface area contributed by atoms with E-state index in [1.54, 1.807) is 12.1 Å². The lowest BCUT2D eigenvalue weighted by atomic mass is 9.98. The van der Waals surface area contributed by atoms with Crippen LogP contribution in [-0.2, 0) is 16.6 Å². The van der Waals surface area contributed by atoms with E-state index in [4.69, 9.17) is 0 Å². The maximum Gasteiger partial charge on any atom is 0.241 e. The molecule has 0 saturated heterocycles. The van der Waals surface area contributed by atoms with Gasteiger partial charge in [-0.05, 0) is 52.0 Å². The van der Waals surface area contributed by atoms with Crippen LogP contribution in [0.5, 0.6) is 0 Å². The van der Waals surface area contributed by atoms with Gasteiger partial charge < -0.3 is 5.32 Å². The predicted molar refractivity (Wildman–Crippen MR) is 90.8 cm³/mol. The normalized spacial score (nSPS) is 12.6. The monoisotopic (exact) mass is 376 g/mol. The Kier molecular flexibility index (Phi) is 6.84. The van der Waals surface area contributed by atoms with E-state index in [0.717, 1.165) is 18.5 Å². The lowest BCUT2D eigenvalue weighted by Crippen LogP contribution is -2.32. The van der Waals surface area contributed by atoms with Crippen molar-refractivity contribution in [2.75, 3.05) is 13.1 Å². The van der Waals surface area contributed by atoms with Crippen molar-refractivity contribution in [1.82, 2.24) is 10.0 Å². The van der Waals surface area contributed by atoms with Gasteiger partial charge in [0.2, 0.25) is 10.0 Å². The van der Waals surface area contributed by atoms with Gasteiger partial charge in [0.05, 0.1) is 4.90 Å². The molecule has 0 aromatic heterocycles. The van der Waals surface area contributed by atoms with Gasteiger partial charge in [0.1, 0.15) is 0 Å². The minimum absolute atomic E-state index is 0.0974. The first-order valence-electron chi connectivity index (χ1n) is 7.14. The summed E-state index contributed by atoms with van der Waals surface area (Å²) in [5, 5.41) is 3.28. The van der Waals surface area contributed by atoms with Gasteiger partial charge in [-0.3, -0.25) is 0 Å². The Morgan fingerprint density at radius 2 is 1.90 bits per heavy atom. The molecule has 2 N–H and O–H groups in total. The second kappa shape index (κ2) is 7.72. The lowest BCUT2D eigenvalue weighted by molar-refractivity contribution is 0.407. The van der Waals surface area contributed by atoms with Crippen LogP contribution >= 0.6 is 15.9 Å². The average molecular weight is 377 g/mol. The van der Waals surface area contributed by atoms with E-state index in [1.165, 1.54) is 0 Å². The molecule has 0 aliphatic rings. The zero-order chi connectivity index (χ0) is 16.1. The quantitative estimate of drug-likeness (QED) is 0.717. The van der Waals surface area contributed by atoms with Crippen LogP contribution < -0.4 is 10.0 Å². The molecule has 0 radical (unpaired) electrons. The van der Waals surface area contributed by atoms with E-state index >= 15 is 0 Å². The molecule has 6 heteroatoms. The number of benzene rings is 1. The van der Waals surface area contributed by atoms with Crippen LogP contribution in [0, 0.1) is 5.41 Å². The smallest absolute Gasteiger partial charge is 0.241 e. The Morgan fingerprint density at radius 3 is 2.48 bits per heavy atom. The Labute approximate surface area is 136 Å². The molecule has 1 aromatic rings. The highest BCUT2D eigenvalue weighted by Gasteiger charge is 2.21. The molecule has 0 heterocycles. The van der Waals surface area contributed by atoms with E-state index < -0.39 is 10.0 Å². The third-order valence-electron chi connectivity index (χ3n) is 2.83. The number of hydrogen-bond donors (Lipinski definition) is 2. The molecule has 0 saturated carbocycles. The second-order valence-corrected chi connectivity index (χ2v) is 8.92. The number of nitrogens with one attached hydrogen (secondary N) is 2. The van der Waals surface area contributed by atoms with Gasteiger partial charge in [0.25, 0.3) is 0 Å². The minimum atomic E-state index is -3.50. The van der Waals surface area contributed by atoms with Crippen LogP contribution in [0.2, 0.25) is 0 Å². The van der Waals surface area contributed by atoms with Crippen LogP contribution in [0.4, 0.5) is 0 Å². The molecule has 1 rings (SSSR count). The molecule has 0 bridgehead atoms. The highest BCUT2D eigenvalue weighted by molar-refractivity contribution is 9.10. The van der Waals surface area contributed by atoms with Crippen LogP contribution in [0.25, 0.3) is 0 Å². The fourth-order valence-corrected chi connectivity index (χ4v) is 3.96. The summed E-state index contributed by atoms with van der Waals surface area (Å²) in [6, 6.07) is 5.43. The Hall–Kier alpha value is -0.430. The minimum Gasteiger partial charge on any atom is -0.313 e. The van der Waals surface area contributed by atoms with Crippen LogP contribution in [0.3, 0.4) is 0 Å². The Morgan fingerprint density at radius 1 is 1.24 bits per heavy atom. The first-order chi connectivity index (χ1) is 9.65. The zero-order valence-electron chi connectivity index (χ0n) is 13.2. The third-order valence-corrected chi connectivity index (χ3v) is 5.23. The van der Waals surface area contributed by atoms with Crippen LogP contribution in [0.1, 0.15) is 39.7 Å². The van der Waals surface area contributed by atoms with Crippen molar-refractivity contribution in [2.24, 2.45) is 5.41 Å². The molecular weight excluding hydrogens is 352 g/mol. The molecule has 0 aliphatic carbocycles. The standard InChI is InChI=1S/C15H25BrN2O2S/c1-5-8-17-10-12-6-7-13(16)14(9-12)21(19,20)18-11-15(2,3)4/h6-7,9,17-18H,5,8,10-11H2,1-4H3. The van der Waals surface area contributed by atoms with Gasteiger partial charge in [-0.15, -0.1) is 0 Å². The molecule has 0 aliphatic heterocycles. The Balaban J connectivity index is 2.92. The fraction of sp³-hybridized carbons (Fsp3) is 0.600. The van der Waals surface area contributed by atoms with Crippen molar-refractivity contribution >= 4 is 26.0 Å². The molecular formula is C15H25BrN2O2S. The van der Waals surface area contributed by atoms with Gasteiger partial charge in [0, 0.05) is 17.6 Å². The third kappa shape index (κ3) is 6.46. The molecule has 0 unspecified atom stereocenters. The average Bonchev–Trinajstić information content (AvgIpc) is 2.38. The second-order valence-electron chi connectivity index (χ2n) is 6.33. The summed E-state index contributed by atoms with van der Waals surface area (Å²) in [5.41, 5.74) is 0.864. The summed E-state index contributed by atoms with van der Waals surface area (Å²) in [4.78, 5) is 0.294. The summed E-state index contributed by atoms with van der Waals surface area (Å²) < 4.78 is 28.1. The van der Waals surface area contributed by atoms with Crippen molar-refractivity contribution in [1.29, 1.82) is 0 Å². The van der Waals surface area contributed by atoms with Crippen LogP contribution in [0.15, 0.2) is 27.6 Å². The van der Waals surface area contributed by atoms with Crippen LogP contribution in [-0.4, -0.2) is 21.5 Å². The predicted octanol–water partition coefficient (Wildman–Crippen LogP) is 3.27. The molecule has 21 heavy (non-hydrogen) atoms. The topological polar surface area (TPSA) is 58.2 Å². The highest BCUT2D eigenvalue weighted by atomic mass is 79.9.